The number of ether oxygens (including phenoxy) is 1. The van der Waals surface area contributed by atoms with E-state index in [4.69, 9.17) is 16.3 Å². The summed E-state index contributed by atoms with van der Waals surface area (Å²) in [7, 11) is 5.99. The van der Waals surface area contributed by atoms with Gasteiger partial charge in [-0.3, -0.25) is 4.79 Å². The van der Waals surface area contributed by atoms with Crippen molar-refractivity contribution in [2.45, 2.75) is 6.54 Å². The molecule has 0 amide bonds. The first kappa shape index (κ1) is 18.1. The number of hydrogen-bond donors (Lipinski definition) is 0. The highest BCUT2D eigenvalue weighted by molar-refractivity contribution is 6.32. The van der Waals surface area contributed by atoms with Crippen molar-refractivity contribution in [1.82, 2.24) is 19.4 Å². The van der Waals surface area contributed by atoms with Gasteiger partial charge >= 0.3 is 0 Å². The van der Waals surface area contributed by atoms with Gasteiger partial charge in [0.1, 0.15) is 5.82 Å². The zero-order valence-electron chi connectivity index (χ0n) is 14.8. The largest absolute Gasteiger partial charge is 0.437 e. The molecule has 0 unspecified atom stereocenters. The number of pyridine rings is 1. The molecule has 3 aromatic rings. The molecule has 0 saturated heterocycles. The maximum absolute atomic E-state index is 11.2. The summed E-state index contributed by atoms with van der Waals surface area (Å²) >= 11 is 6.12. The molecule has 0 aliphatic carbocycles. The van der Waals surface area contributed by atoms with Crippen LogP contribution in [0.5, 0.6) is 11.6 Å². The molecule has 0 spiro atoms. The Bertz CT molecular complexity index is 920. The summed E-state index contributed by atoms with van der Waals surface area (Å²) in [6, 6.07) is 8.65. The van der Waals surface area contributed by atoms with Crippen molar-refractivity contribution in [2.24, 2.45) is 7.05 Å². The lowest BCUT2D eigenvalue weighted by molar-refractivity contribution is 0.112. The van der Waals surface area contributed by atoms with Crippen LogP contribution in [0.1, 0.15) is 16.2 Å². The van der Waals surface area contributed by atoms with Crippen LogP contribution in [0.4, 0.5) is 0 Å². The van der Waals surface area contributed by atoms with Gasteiger partial charge in [0.05, 0.1) is 29.0 Å². The molecule has 3 rings (SSSR count). The molecule has 2 aromatic heterocycles. The summed E-state index contributed by atoms with van der Waals surface area (Å²) in [4.78, 5) is 22.0. The van der Waals surface area contributed by atoms with E-state index in [1.165, 1.54) is 0 Å². The number of carbonyl (C=O) groups is 1. The highest BCUT2D eigenvalue weighted by Gasteiger charge is 2.12. The van der Waals surface area contributed by atoms with Gasteiger partial charge in [-0.15, -0.1) is 0 Å². The van der Waals surface area contributed by atoms with E-state index in [9.17, 15) is 4.79 Å². The number of imidazole rings is 1. The second-order valence-electron chi connectivity index (χ2n) is 6.12. The average molecular weight is 371 g/mol. The van der Waals surface area contributed by atoms with Crippen LogP contribution in [0.3, 0.4) is 0 Å². The Morgan fingerprint density at radius 1 is 1.19 bits per heavy atom. The van der Waals surface area contributed by atoms with Gasteiger partial charge in [-0.2, -0.15) is 0 Å². The third kappa shape index (κ3) is 3.76. The van der Waals surface area contributed by atoms with Crippen molar-refractivity contribution in [3.05, 3.63) is 59.1 Å². The maximum atomic E-state index is 11.2. The van der Waals surface area contributed by atoms with Crippen molar-refractivity contribution in [2.75, 3.05) is 14.1 Å². The van der Waals surface area contributed by atoms with Crippen LogP contribution < -0.4 is 4.74 Å². The molecule has 26 heavy (non-hydrogen) atoms. The number of aldehydes is 1. The Kier molecular flexibility index (Phi) is 5.35. The first-order valence-corrected chi connectivity index (χ1v) is 8.40. The van der Waals surface area contributed by atoms with Crippen LogP contribution in [0.2, 0.25) is 5.02 Å². The highest BCUT2D eigenvalue weighted by atomic mass is 35.5. The fourth-order valence-electron chi connectivity index (χ4n) is 2.57. The first-order valence-electron chi connectivity index (χ1n) is 8.03. The minimum Gasteiger partial charge on any atom is -0.437 e. The monoisotopic (exact) mass is 370 g/mol. The molecule has 0 N–H and O–H groups in total. The second kappa shape index (κ2) is 7.68. The summed E-state index contributed by atoms with van der Waals surface area (Å²) in [6.07, 6.45) is 4.25. The summed E-state index contributed by atoms with van der Waals surface area (Å²) in [5.41, 5.74) is 2.27. The lowest BCUT2D eigenvalue weighted by Crippen LogP contribution is -2.14. The summed E-state index contributed by atoms with van der Waals surface area (Å²) in [6.45, 7) is 0.756. The number of halogens is 1. The van der Waals surface area contributed by atoms with E-state index in [0.717, 1.165) is 23.6 Å². The van der Waals surface area contributed by atoms with E-state index < -0.39 is 0 Å². The third-order valence-corrected chi connectivity index (χ3v) is 4.20. The predicted octanol–water partition coefficient (Wildman–Crippen LogP) is 3.80. The minimum atomic E-state index is 0.304. The van der Waals surface area contributed by atoms with Crippen LogP contribution in [0.25, 0.3) is 11.3 Å². The maximum Gasteiger partial charge on any atom is 0.219 e. The summed E-state index contributed by atoms with van der Waals surface area (Å²) in [5.74, 6) is 1.64. The lowest BCUT2D eigenvalue weighted by atomic mass is 10.2. The predicted molar refractivity (Wildman–Crippen MR) is 101 cm³/mol. The van der Waals surface area contributed by atoms with E-state index in [2.05, 4.69) is 14.9 Å². The number of benzene rings is 1. The fourth-order valence-corrected chi connectivity index (χ4v) is 2.79. The minimum absolute atomic E-state index is 0.304. The van der Waals surface area contributed by atoms with E-state index in [1.54, 1.807) is 30.5 Å². The van der Waals surface area contributed by atoms with Crippen molar-refractivity contribution < 1.29 is 9.53 Å². The quantitative estimate of drug-likeness (QED) is 0.617. The van der Waals surface area contributed by atoms with Gasteiger partial charge in [0.2, 0.25) is 5.88 Å². The van der Waals surface area contributed by atoms with Crippen molar-refractivity contribution in [3.8, 4) is 22.9 Å². The van der Waals surface area contributed by atoms with Gasteiger partial charge in [0, 0.05) is 24.9 Å². The molecule has 134 valence electrons. The number of hydrogen-bond acceptors (Lipinski definition) is 5. The first-order chi connectivity index (χ1) is 12.5. The lowest BCUT2D eigenvalue weighted by Gasteiger charge is -2.11. The van der Waals surface area contributed by atoms with E-state index in [1.807, 2.05) is 38.0 Å². The van der Waals surface area contributed by atoms with Crippen LogP contribution in [0.15, 0.2) is 42.7 Å². The molecule has 0 atom stereocenters. The Morgan fingerprint density at radius 2 is 2.00 bits per heavy atom. The van der Waals surface area contributed by atoms with Crippen molar-refractivity contribution in [1.29, 1.82) is 0 Å². The molecule has 2 heterocycles. The second-order valence-corrected chi connectivity index (χ2v) is 6.53. The molecule has 0 fully saturated rings. The highest BCUT2D eigenvalue weighted by Crippen LogP contribution is 2.32. The van der Waals surface area contributed by atoms with Gasteiger partial charge in [-0.1, -0.05) is 17.7 Å². The molecule has 1 aromatic carbocycles. The number of rotatable bonds is 6. The molecule has 0 aliphatic rings. The fraction of sp³-hybridized carbons (Fsp3) is 0.211. The zero-order chi connectivity index (χ0) is 18.7. The van der Waals surface area contributed by atoms with Crippen LogP contribution in [-0.4, -0.2) is 39.8 Å². The third-order valence-electron chi connectivity index (χ3n) is 3.91. The molecule has 6 nitrogen and oxygen atoms in total. The van der Waals surface area contributed by atoms with Gasteiger partial charge in [-0.25, -0.2) is 9.97 Å². The molecule has 0 radical (unpaired) electrons. The van der Waals surface area contributed by atoms with Crippen molar-refractivity contribution >= 4 is 17.9 Å². The topological polar surface area (TPSA) is 60.3 Å². The van der Waals surface area contributed by atoms with Gasteiger partial charge in [-0.05, 0) is 32.3 Å². The molecule has 0 bridgehead atoms. The normalized spacial score (nSPS) is 11.0. The summed E-state index contributed by atoms with van der Waals surface area (Å²) in [5, 5.41) is 0.362. The van der Waals surface area contributed by atoms with Crippen LogP contribution in [-0.2, 0) is 13.6 Å². The van der Waals surface area contributed by atoms with Crippen LogP contribution in [0, 0.1) is 0 Å². The van der Waals surface area contributed by atoms with E-state index in [-0.39, 0.29) is 0 Å². The number of aromatic nitrogens is 3. The van der Waals surface area contributed by atoms with E-state index >= 15 is 0 Å². The van der Waals surface area contributed by atoms with Crippen LogP contribution >= 0.6 is 11.6 Å². The smallest absolute Gasteiger partial charge is 0.219 e. The van der Waals surface area contributed by atoms with Gasteiger partial charge < -0.3 is 14.2 Å². The van der Waals surface area contributed by atoms with Crippen molar-refractivity contribution in [3.63, 3.8) is 0 Å². The number of para-hydroxylation sites is 1. The Hall–Kier alpha value is -2.70. The average Bonchev–Trinajstić information content (AvgIpc) is 2.97. The van der Waals surface area contributed by atoms with E-state index in [0.29, 0.717) is 28.5 Å². The number of nitrogens with zero attached hydrogens (tertiary/aromatic N) is 4. The van der Waals surface area contributed by atoms with Gasteiger partial charge in [0.15, 0.2) is 12.0 Å². The molecule has 7 heteroatoms. The SMILES string of the molecule is CN(C)Cc1ncc(-c2ccc(Oc3c(Cl)cccc3C=O)nc2)n1C. The Morgan fingerprint density at radius 3 is 2.65 bits per heavy atom. The summed E-state index contributed by atoms with van der Waals surface area (Å²) < 4.78 is 7.74. The number of carbonyl (C=O) groups excluding carboxylic acids is 1. The molecular weight excluding hydrogens is 352 g/mol. The standard InChI is InChI=1S/C19H19ClN4O2/c1-23(2)11-17-21-10-16(24(17)3)13-7-8-18(22-9-13)26-19-14(12-25)5-4-6-15(19)20/h4-10,12H,11H2,1-3H3. The van der Waals surface area contributed by atoms with Gasteiger partial charge in [0.25, 0.3) is 0 Å². The molecule has 0 saturated carbocycles. The Balaban J connectivity index is 1.84. The molecular formula is C19H19ClN4O2. The Labute approximate surface area is 157 Å². The molecule has 0 aliphatic heterocycles. The zero-order valence-corrected chi connectivity index (χ0v) is 15.6.